The molecule has 0 radical (unpaired) electrons. The van der Waals surface area contributed by atoms with Gasteiger partial charge in [-0.05, 0) is 6.07 Å². The number of rotatable bonds is 5. The fourth-order valence-corrected chi connectivity index (χ4v) is 2.20. The molecule has 0 aliphatic carbocycles. The summed E-state index contributed by atoms with van der Waals surface area (Å²) in [4.78, 5) is 6.49. The van der Waals surface area contributed by atoms with Gasteiger partial charge in [0.25, 0.3) is 0 Å². The average Bonchev–Trinajstić information content (AvgIpc) is 2.53. The first-order valence-electron chi connectivity index (χ1n) is 7.27. The quantitative estimate of drug-likeness (QED) is 0.624. The van der Waals surface area contributed by atoms with E-state index in [-0.39, 0.29) is 5.82 Å². The summed E-state index contributed by atoms with van der Waals surface area (Å²) in [6.07, 6.45) is 0. The van der Waals surface area contributed by atoms with Crippen molar-refractivity contribution < 1.29 is 9.13 Å². The van der Waals surface area contributed by atoms with Crippen LogP contribution in [-0.2, 0) is 11.3 Å². The van der Waals surface area contributed by atoms with Crippen LogP contribution >= 0.6 is 0 Å². The topological polar surface area (TPSA) is 48.9 Å². The van der Waals surface area contributed by atoms with E-state index >= 15 is 0 Å². The molecule has 0 spiro atoms. The lowest BCUT2D eigenvalue weighted by atomic mass is 10.2. The van der Waals surface area contributed by atoms with E-state index in [2.05, 4.69) is 20.5 Å². The summed E-state index contributed by atoms with van der Waals surface area (Å²) in [5, 5.41) is 6.36. The minimum Gasteiger partial charge on any atom is -0.379 e. The van der Waals surface area contributed by atoms with Gasteiger partial charge < -0.3 is 15.4 Å². The Morgan fingerprint density at radius 2 is 2.05 bits per heavy atom. The molecule has 1 heterocycles. The third-order valence-corrected chi connectivity index (χ3v) is 3.45. The van der Waals surface area contributed by atoms with E-state index in [0.29, 0.717) is 18.1 Å². The van der Waals surface area contributed by atoms with Gasteiger partial charge in [-0.15, -0.1) is 0 Å². The van der Waals surface area contributed by atoms with Gasteiger partial charge in [0.05, 0.1) is 13.2 Å². The van der Waals surface area contributed by atoms with Gasteiger partial charge >= 0.3 is 0 Å². The lowest BCUT2D eigenvalue weighted by Crippen LogP contribution is -2.44. The maximum Gasteiger partial charge on any atom is 0.191 e. The molecule has 2 N–H and O–H groups in total. The first kappa shape index (κ1) is 15.7. The van der Waals surface area contributed by atoms with Crippen molar-refractivity contribution in [2.75, 3.05) is 46.4 Å². The number of hydrogen-bond acceptors (Lipinski definition) is 3. The SMILES string of the molecule is CN=C(NCCN1CCOCC1)NCc1ccccc1F. The zero-order chi connectivity index (χ0) is 14.9. The van der Waals surface area contributed by atoms with Crippen LogP contribution in [0, 0.1) is 5.82 Å². The van der Waals surface area contributed by atoms with Gasteiger partial charge in [-0.25, -0.2) is 4.39 Å². The molecule has 1 aliphatic rings. The molecule has 1 aromatic carbocycles. The molecule has 5 nitrogen and oxygen atoms in total. The van der Waals surface area contributed by atoms with Crippen LogP contribution in [0.25, 0.3) is 0 Å². The average molecular weight is 294 g/mol. The fourth-order valence-electron chi connectivity index (χ4n) is 2.20. The maximum atomic E-state index is 13.5. The number of aliphatic imine (C=N–C) groups is 1. The van der Waals surface area contributed by atoms with Gasteiger partial charge in [-0.1, -0.05) is 18.2 Å². The lowest BCUT2D eigenvalue weighted by molar-refractivity contribution is 0.0389. The third kappa shape index (κ3) is 5.32. The van der Waals surface area contributed by atoms with E-state index in [0.717, 1.165) is 39.4 Å². The third-order valence-electron chi connectivity index (χ3n) is 3.45. The summed E-state index contributed by atoms with van der Waals surface area (Å²) in [5.41, 5.74) is 0.633. The smallest absolute Gasteiger partial charge is 0.191 e. The molecule has 1 saturated heterocycles. The van der Waals surface area contributed by atoms with Crippen molar-refractivity contribution in [2.45, 2.75) is 6.54 Å². The second-order valence-electron chi connectivity index (χ2n) is 4.90. The Kier molecular flexibility index (Phi) is 6.43. The highest BCUT2D eigenvalue weighted by atomic mass is 19.1. The van der Waals surface area contributed by atoms with E-state index in [4.69, 9.17) is 4.74 Å². The zero-order valence-corrected chi connectivity index (χ0v) is 12.4. The lowest BCUT2D eigenvalue weighted by Gasteiger charge is -2.26. The number of halogens is 1. The van der Waals surface area contributed by atoms with E-state index in [1.54, 1.807) is 19.2 Å². The van der Waals surface area contributed by atoms with Crippen LogP contribution in [-0.4, -0.2) is 57.3 Å². The van der Waals surface area contributed by atoms with Crippen LogP contribution in [0.4, 0.5) is 4.39 Å². The largest absolute Gasteiger partial charge is 0.379 e. The van der Waals surface area contributed by atoms with Crippen LogP contribution in [0.1, 0.15) is 5.56 Å². The summed E-state index contributed by atoms with van der Waals surface area (Å²) >= 11 is 0. The Balaban J connectivity index is 1.69. The minimum atomic E-state index is -0.200. The Bertz CT molecular complexity index is 461. The number of ether oxygens (including phenoxy) is 1. The van der Waals surface area contributed by atoms with Crippen molar-refractivity contribution in [3.63, 3.8) is 0 Å². The molecule has 6 heteroatoms. The Hall–Kier alpha value is -1.66. The van der Waals surface area contributed by atoms with E-state index in [1.807, 2.05) is 6.07 Å². The number of nitrogens with zero attached hydrogens (tertiary/aromatic N) is 2. The van der Waals surface area contributed by atoms with E-state index < -0.39 is 0 Å². The Morgan fingerprint density at radius 3 is 2.76 bits per heavy atom. The van der Waals surface area contributed by atoms with Gasteiger partial charge in [-0.2, -0.15) is 0 Å². The van der Waals surface area contributed by atoms with Gasteiger partial charge in [-0.3, -0.25) is 9.89 Å². The molecule has 21 heavy (non-hydrogen) atoms. The molecule has 0 saturated carbocycles. The number of guanidine groups is 1. The second kappa shape index (κ2) is 8.59. The Labute approximate surface area is 125 Å². The standard InChI is InChI=1S/C15H23FN4O/c1-17-15(18-6-7-20-8-10-21-11-9-20)19-12-13-4-2-3-5-14(13)16/h2-5H,6-12H2,1H3,(H2,17,18,19). The summed E-state index contributed by atoms with van der Waals surface area (Å²) < 4.78 is 18.8. The second-order valence-corrected chi connectivity index (χ2v) is 4.90. The summed E-state index contributed by atoms with van der Waals surface area (Å²) in [5.74, 6) is 0.486. The first-order valence-corrected chi connectivity index (χ1v) is 7.27. The van der Waals surface area contributed by atoms with Crippen LogP contribution < -0.4 is 10.6 Å². The molecule has 0 aromatic heterocycles. The van der Waals surface area contributed by atoms with Crippen molar-refractivity contribution in [3.05, 3.63) is 35.6 Å². The number of morpholine rings is 1. The van der Waals surface area contributed by atoms with Gasteiger partial charge in [0.15, 0.2) is 5.96 Å². The van der Waals surface area contributed by atoms with Crippen molar-refractivity contribution in [2.24, 2.45) is 4.99 Å². The number of nitrogens with one attached hydrogen (secondary N) is 2. The highest BCUT2D eigenvalue weighted by Gasteiger charge is 2.09. The van der Waals surface area contributed by atoms with Gasteiger partial charge in [0.2, 0.25) is 0 Å². The van der Waals surface area contributed by atoms with Crippen LogP contribution in [0.15, 0.2) is 29.3 Å². The molecule has 2 rings (SSSR count). The molecule has 1 aromatic rings. The molecular formula is C15H23FN4O. The number of benzene rings is 1. The molecule has 0 atom stereocenters. The van der Waals surface area contributed by atoms with Crippen molar-refractivity contribution in [1.82, 2.24) is 15.5 Å². The summed E-state index contributed by atoms with van der Waals surface area (Å²) in [6.45, 7) is 5.73. The first-order chi connectivity index (χ1) is 10.3. The highest BCUT2D eigenvalue weighted by molar-refractivity contribution is 5.79. The van der Waals surface area contributed by atoms with Crippen LogP contribution in [0.5, 0.6) is 0 Å². The van der Waals surface area contributed by atoms with Gasteiger partial charge in [0.1, 0.15) is 5.82 Å². The highest BCUT2D eigenvalue weighted by Crippen LogP contribution is 2.05. The molecule has 0 amide bonds. The summed E-state index contributed by atoms with van der Waals surface area (Å²) in [7, 11) is 1.71. The van der Waals surface area contributed by atoms with Crippen molar-refractivity contribution in [1.29, 1.82) is 0 Å². The Morgan fingerprint density at radius 1 is 1.29 bits per heavy atom. The molecule has 1 aliphatic heterocycles. The fraction of sp³-hybridized carbons (Fsp3) is 0.533. The molecule has 0 unspecified atom stereocenters. The summed E-state index contributed by atoms with van der Waals surface area (Å²) in [6, 6.07) is 6.75. The predicted molar refractivity (Wildman–Crippen MR) is 81.9 cm³/mol. The van der Waals surface area contributed by atoms with E-state index in [1.165, 1.54) is 6.07 Å². The maximum absolute atomic E-state index is 13.5. The minimum absolute atomic E-state index is 0.200. The zero-order valence-electron chi connectivity index (χ0n) is 12.4. The molecule has 0 bridgehead atoms. The van der Waals surface area contributed by atoms with E-state index in [9.17, 15) is 4.39 Å². The van der Waals surface area contributed by atoms with Crippen LogP contribution in [0.2, 0.25) is 0 Å². The van der Waals surface area contributed by atoms with Gasteiger partial charge in [0, 0.05) is 45.3 Å². The molecule has 116 valence electrons. The monoisotopic (exact) mass is 294 g/mol. The number of hydrogen-bond donors (Lipinski definition) is 2. The van der Waals surface area contributed by atoms with Crippen molar-refractivity contribution in [3.8, 4) is 0 Å². The molecule has 1 fully saturated rings. The predicted octanol–water partition coefficient (Wildman–Crippen LogP) is 0.823. The molecular weight excluding hydrogens is 271 g/mol. The normalized spacial score (nSPS) is 16.8. The van der Waals surface area contributed by atoms with Crippen molar-refractivity contribution >= 4 is 5.96 Å². The van der Waals surface area contributed by atoms with Crippen LogP contribution in [0.3, 0.4) is 0 Å².